The van der Waals surface area contributed by atoms with Crippen molar-refractivity contribution in [3.05, 3.63) is 53.6 Å². The minimum Gasteiger partial charge on any atom is -0.449 e. The summed E-state index contributed by atoms with van der Waals surface area (Å²) in [5.41, 5.74) is 0.196. The molecule has 0 aromatic heterocycles. The molecule has 1 aromatic rings. The van der Waals surface area contributed by atoms with E-state index in [2.05, 4.69) is 28.0 Å². The third-order valence-electron chi connectivity index (χ3n) is 10.9. The number of allylic oxidation sites excluding steroid dienone is 1. The Bertz CT molecular complexity index is 1830. The van der Waals surface area contributed by atoms with E-state index in [-0.39, 0.29) is 31.4 Å². The number of amides is 5. The summed E-state index contributed by atoms with van der Waals surface area (Å²) in [6, 6.07) is 3.54. The topological polar surface area (TPSA) is 181 Å². The third-order valence-corrected chi connectivity index (χ3v) is 12.7. The number of ether oxygens (including phenoxy) is 2. The monoisotopic (exact) mass is 753 g/mol. The van der Waals surface area contributed by atoms with Crippen LogP contribution >= 0.6 is 0 Å². The van der Waals surface area contributed by atoms with Crippen LogP contribution in [-0.4, -0.2) is 90.3 Å². The Morgan fingerprint density at radius 2 is 1.85 bits per heavy atom. The molecule has 1 saturated heterocycles. The number of benzene rings is 1. The Balaban J connectivity index is 1.29. The summed E-state index contributed by atoms with van der Waals surface area (Å²) in [6.07, 6.45) is 5.66. The van der Waals surface area contributed by atoms with Gasteiger partial charge in [0.05, 0.1) is 24.9 Å². The lowest BCUT2D eigenvalue weighted by molar-refractivity contribution is -0.143. The lowest BCUT2D eigenvalue weighted by atomic mass is 9.85. The number of nitrogens with one attached hydrogen (secondary N) is 3. The fourth-order valence-electron chi connectivity index (χ4n) is 7.34. The van der Waals surface area contributed by atoms with Crippen LogP contribution in [0.5, 0.6) is 0 Å². The zero-order valence-electron chi connectivity index (χ0n) is 31.1. The van der Waals surface area contributed by atoms with Crippen LogP contribution in [0.3, 0.4) is 0 Å². The number of cyclic esters (lactones) is 1. The van der Waals surface area contributed by atoms with Crippen molar-refractivity contribution in [2.24, 2.45) is 16.7 Å². The van der Waals surface area contributed by atoms with E-state index >= 15 is 0 Å². The van der Waals surface area contributed by atoms with Crippen molar-refractivity contribution in [3.8, 4) is 0 Å². The molecule has 3 aliphatic heterocycles. The van der Waals surface area contributed by atoms with Crippen molar-refractivity contribution in [1.82, 2.24) is 25.2 Å². The van der Waals surface area contributed by atoms with E-state index < -0.39 is 80.2 Å². The van der Waals surface area contributed by atoms with Crippen molar-refractivity contribution in [3.63, 3.8) is 0 Å². The number of alkyl carbamates (subject to hydrolysis) is 1. The van der Waals surface area contributed by atoms with Gasteiger partial charge in [0, 0.05) is 18.9 Å². The second-order valence-electron chi connectivity index (χ2n) is 16.9. The van der Waals surface area contributed by atoms with Crippen LogP contribution in [0.15, 0.2) is 36.9 Å². The number of hydrogen-bond acceptors (Lipinski definition) is 9. The summed E-state index contributed by atoms with van der Waals surface area (Å²) < 4.78 is 39.1. The summed E-state index contributed by atoms with van der Waals surface area (Å²) in [6.45, 7) is 13.7. The Labute approximate surface area is 311 Å². The molecule has 5 atom stereocenters. The Morgan fingerprint density at radius 1 is 1.11 bits per heavy atom. The molecule has 2 saturated carbocycles. The molecule has 3 heterocycles. The first-order valence-electron chi connectivity index (χ1n) is 18.3. The average molecular weight is 754 g/mol. The lowest BCUT2D eigenvalue weighted by Crippen LogP contribution is -2.60. The Morgan fingerprint density at radius 3 is 2.51 bits per heavy atom. The zero-order valence-corrected chi connectivity index (χ0v) is 31.9. The molecule has 5 amide bonds. The number of hydrogen-bond donors (Lipinski definition) is 3. The van der Waals surface area contributed by atoms with E-state index in [1.807, 2.05) is 38.1 Å². The standard InChI is InChI=1S/C38H51N5O9S/c1-7-25-18-38(25,33(46)41-53(49,50)27-14-15-27)40-31(44)29-17-26-20-43(29)32(45)30(36(2,3)4)39-34(47)51-22-37(5,6)16-9-8-11-23-12-10-13-24-19-42(21-28(23)24)35(48)52-26/h7-8,10-13,25-27,29-30H,1,9,14-22H2,2-6H3,(H,39,47)(H,40,44)(H,41,46)/b11-8+/t25-,26+,29-,30+,38+/m0/s1. The van der Waals surface area contributed by atoms with Gasteiger partial charge in [0.1, 0.15) is 23.7 Å². The summed E-state index contributed by atoms with van der Waals surface area (Å²) in [7, 11) is -3.91. The predicted octanol–water partition coefficient (Wildman–Crippen LogP) is 3.75. The number of carbonyl (C=O) groups is 5. The molecule has 0 radical (unpaired) electrons. The minimum atomic E-state index is -3.91. The first kappa shape index (κ1) is 38.3. The first-order chi connectivity index (χ1) is 24.8. The van der Waals surface area contributed by atoms with Crippen molar-refractivity contribution >= 4 is 46.0 Å². The van der Waals surface area contributed by atoms with Gasteiger partial charge in [0.15, 0.2) is 0 Å². The molecule has 1 aromatic carbocycles. The molecule has 53 heavy (non-hydrogen) atoms. The summed E-state index contributed by atoms with van der Waals surface area (Å²) in [4.78, 5) is 71.9. The van der Waals surface area contributed by atoms with Crippen LogP contribution in [0.25, 0.3) is 6.08 Å². The molecular formula is C38H51N5O9S. The zero-order chi connectivity index (χ0) is 38.5. The molecular weight excluding hydrogens is 703 g/mol. The highest BCUT2D eigenvalue weighted by molar-refractivity contribution is 7.91. The molecule has 6 rings (SSSR count). The van der Waals surface area contributed by atoms with Gasteiger partial charge in [0.25, 0.3) is 5.91 Å². The minimum absolute atomic E-state index is 0.0928. The maximum atomic E-state index is 14.5. The Kier molecular flexibility index (Phi) is 10.2. The normalized spacial score (nSPS) is 29.6. The number of carbonyl (C=O) groups excluding carboxylic acids is 5. The molecule has 15 heteroatoms. The van der Waals surface area contributed by atoms with Gasteiger partial charge in [0.2, 0.25) is 21.8 Å². The van der Waals surface area contributed by atoms with Crippen LogP contribution < -0.4 is 15.4 Å². The molecule has 2 aliphatic carbocycles. The highest BCUT2D eigenvalue weighted by atomic mass is 32.2. The SMILES string of the molecule is C=C[C@H]1C[C@]1(NC(=O)[C@@H]1C[C@@H]2CN1C(=O)[C@H](C(C)(C)C)NC(=O)OCC(C)(C)CC/C=C/c1cccc3c1CN(C3)C(=O)O2)C(=O)NS(=O)(=O)C1CC1. The van der Waals surface area contributed by atoms with Gasteiger partial charge >= 0.3 is 12.2 Å². The summed E-state index contributed by atoms with van der Waals surface area (Å²) in [5.74, 6) is -2.74. The second-order valence-corrected chi connectivity index (χ2v) is 18.9. The van der Waals surface area contributed by atoms with Crippen LogP contribution in [0.1, 0.15) is 89.8 Å². The fraction of sp³-hybridized carbons (Fsp3) is 0.605. The third kappa shape index (κ3) is 8.24. The van der Waals surface area contributed by atoms with E-state index in [4.69, 9.17) is 9.47 Å². The van der Waals surface area contributed by atoms with Crippen LogP contribution in [0.4, 0.5) is 9.59 Å². The van der Waals surface area contributed by atoms with Gasteiger partial charge in [-0.15, -0.1) is 6.58 Å². The second kappa shape index (κ2) is 14.1. The van der Waals surface area contributed by atoms with E-state index in [9.17, 15) is 32.4 Å². The van der Waals surface area contributed by atoms with Crippen molar-refractivity contribution < 1.29 is 41.9 Å². The average Bonchev–Trinajstić information content (AvgIpc) is 3.97. The van der Waals surface area contributed by atoms with Crippen molar-refractivity contribution in [1.29, 1.82) is 0 Å². The van der Waals surface area contributed by atoms with E-state index in [1.54, 1.807) is 25.7 Å². The van der Waals surface area contributed by atoms with E-state index in [1.165, 1.54) is 11.0 Å². The predicted molar refractivity (Wildman–Crippen MR) is 195 cm³/mol. The highest BCUT2D eigenvalue weighted by Gasteiger charge is 2.62. The van der Waals surface area contributed by atoms with Crippen LogP contribution in [0, 0.1) is 16.7 Å². The number of nitrogens with zero attached hydrogens (tertiary/aromatic N) is 2. The molecule has 14 nitrogen and oxygen atoms in total. The Hall–Kier alpha value is -4.40. The lowest BCUT2D eigenvalue weighted by Gasteiger charge is -2.35. The molecule has 0 unspecified atom stereocenters. The van der Waals surface area contributed by atoms with Gasteiger partial charge in [-0.25, -0.2) is 18.0 Å². The molecule has 5 aliphatic rings. The van der Waals surface area contributed by atoms with Gasteiger partial charge in [-0.3, -0.25) is 24.0 Å². The van der Waals surface area contributed by atoms with E-state index in [0.29, 0.717) is 25.9 Å². The molecule has 288 valence electrons. The van der Waals surface area contributed by atoms with Crippen LogP contribution in [-0.2, 0) is 47.0 Å². The van der Waals surface area contributed by atoms with Crippen molar-refractivity contribution in [2.75, 3.05) is 13.2 Å². The molecule has 0 spiro atoms. The maximum Gasteiger partial charge on any atom is 0.410 e. The van der Waals surface area contributed by atoms with Gasteiger partial charge < -0.3 is 25.0 Å². The van der Waals surface area contributed by atoms with Gasteiger partial charge in [-0.05, 0) is 59.6 Å². The molecule has 3 N–H and O–H groups in total. The largest absolute Gasteiger partial charge is 0.449 e. The first-order valence-corrected chi connectivity index (χ1v) is 19.9. The van der Waals surface area contributed by atoms with E-state index in [0.717, 1.165) is 29.5 Å². The maximum absolute atomic E-state index is 14.5. The van der Waals surface area contributed by atoms with Crippen molar-refractivity contribution in [2.45, 2.75) is 115 Å². The fourth-order valence-corrected chi connectivity index (χ4v) is 8.70. The van der Waals surface area contributed by atoms with Gasteiger partial charge in [-0.2, -0.15) is 0 Å². The number of sulfonamides is 1. The quantitative estimate of drug-likeness (QED) is 0.365. The van der Waals surface area contributed by atoms with Crippen LogP contribution in [0.2, 0.25) is 0 Å². The smallest absolute Gasteiger partial charge is 0.410 e. The molecule has 3 fully saturated rings. The highest BCUT2D eigenvalue weighted by Crippen LogP contribution is 2.45. The summed E-state index contributed by atoms with van der Waals surface area (Å²) >= 11 is 0. The number of fused-ring (bicyclic) bond motifs is 3. The van der Waals surface area contributed by atoms with Gasteiger partial charge in [-0.1, -0.05) is 71.0 Å². The number of rotatable bonds is 6. The molecule has 4 bridgehead atoms. The summed E-state index contributed by atoms with van der Waals surface area (Å²) in [5, 5.41) is 4.82.